The van der Waals surface area contributed by atoms with Crippen LogP contribution in [0.15, 0.2) is 42.5 Å². The third kappa shape index (κ3) is 4.48. The molecule has 1 aromatic carbocycles. The first-order valence-electron chi connectivity index (χ1n) is 17.5. The normalized spacial score (nSPS) is 41.4. The minimum atomic E-state index is -0.884. The predicted octanol–water partition coefficient (Wildman–Crippen LogP) is 8.74. The van der Waals surface area contributed by atoms with Crippen molar-refractivity contribution < 1.29 is 19.5 Å². The second-order valence-corrected chi connectivity index (χ2v) is 17.2. The van der Waals surface area contributed by atoms with Crippen molar-refractivity contribution in [2.24, 2.45) is 56.7 Å². The maximum absolute atomic E-state index is 14.0. The summed E-state index contributed by atoms with van der Waals surface area (Å²) in [6.07, 6.45) is 12.2. The number of carboxylic acids is 1. The van der Waals surface area contributed by atoms with Gasteiger partial charge in [-0.05, 0) is 146 Å². The van der Waals surface area contributed by atoms with Crippen LogP contribution in [0.25, 0.3) is 5.57 Å². The Labute approximate surface area is 270 Å². The molecule has 0 unspecified atom stereocenters. The van der Waals surface area contributed by atoms with Crippen molar-refractivity contribution >= 4 is 23.2 Å². The highest BCUT2D eigenvalue weighted by Gasteiger charge is 2.71. The molecule has 0 radical (unpaired) electrons. The van der Waals surface area contributed by atoms with E-state index in [-0.39, 0.29) is 45.8 Å². The standard InChI is InChI=1S/C40H55NO4/c1-24(2)28-15-20-40(35(45)41-23-25(3)42)22-21-38(7)30(33(28)40)13-14-32-37(6)18-16-29(26-9-11-27(12-10-26)34(43)44)36(4,5)31(37)17-19-39(32,38)8/h9-12,16,28,30-33H,1,13-15,17-23H2,2-8H3,(H,41,45)(H,43,44)/t28-,30+,31-,32+,33+,37-,38+,39+,40-/m0/s1. The van der Waals surface area contributed by atoms with Crippen LogP contribution in [0.3, 0.4) is 0 Å². The van der Waals surface area contributed by atoms with Crippen LogP contribution < -0.4 is 5.32 Å². The molecule has 0 aliphatic heterocycles. The highest BCUT2D eigenvalue weighted by Crippen LogP contribution is 2.77. The minimum absolute atomic E-state index is 0.00862. The van der Waals surface area contributed by atoms with Crippen LogP contribution in [-0.4, -0.2) is 29.3 Å². The van der Waals surface area contributed by atoms with E-state index in [0.717, 1.165) is 44.1 Å². The average molecular weight is 614 g/mol. The van der Waals surface area contributed by atoms with Crippen LogP contribution in [0.2, 0.25) is 0 Å². The molecule has 0 bridgehead atoms. The molecule has 6 rings (SSSR count). The number of carbonyl (C=O) groups excluding carboxylic acids is 2. The molecule has 2 N–H and O–H groups in total. The van der Waals surface area contributed by atoms with Gasteiger partial charge in [0.25, 0.3) is 0 Å². The van der Waals surface area contributed by atoms with E-state index in [1.54, 1.807) is 19.1 Å². The first kappa shape index (κ1) is 32.3. The van der Waals surface area contributed by atoms with E-state index in [0.29, 0.717) is 29.2 Å². The van der Waals surface area contributed by atoms with Crippen LogP contribution >= 0.6 is 0 Å². The lowest BCUT2D eigenvalue weighted by Crippen LogP contribution is -2.66. The molecule has 5 aliphatic carbocycles. The fourth-order valence-electron chi connectivity index (χ4n) is 12.8. The molecule has 4 saturated carbocycles. The van der Waals surface area contributed by atoms with Gasteiger partial charge in [-0.1, -0.05) is 65.0 Å². The van der Waals surface area contributed by atoms with Crippen molar-refractivity contribution in [3.8, 4) is 0 Å². The van der Waals surface area contributed by atoms with Gasteiger partial charge in [0.05, 0.1) is 17.5 Å². The molecule has 5 heteroatoms. The number of amides is 1. The Bertz CT molecular complexity index is 1450. The summed E-state index contributed by atoms with van der Waals surface area (Å²) in [5.41, 5.74) is 4.13. The van der Waals surface area contributed by atoms with Crippen molar-refractivity contribution in [3.63, 3.8) is 0 Å². The molecule has 0 saturated heterocycles. The second kappa shape index (κ2) is 10.7. The van der Waals surface area contributed by atoms with E-state index < -0.39 is 11.4 Å². The van der Waals surface area contributed by atoms with Crippen LogP contribution in [0.5, 0.6) is 0 Å². The molecule has 0 aromatic heterocycles. The first-order chi connectivity index (χ1) is 21.0. The summed E-state index contributed by atoms with van der Waals surface area (Å²) < 4.78 is 0. The van der Waals surface area contributed by atoms with Gasteiger partial charge in [0.2, 0.25) is 5.91 Å². The molecular weight excluding hydrogens is 558 g/mol. The number of Topliss-reactive ketones (excluding diaryl/α,β-unsaturated/α-hetero) is 1. The van der Waals surface area contributed by atoms with Gasteiger partial charge in [0.15, 0.2) is 0 Å². The molecule has 9 atom stereocenters. The minimum Gasteiger partial charge on any atom is -0.478 e. The number of carbonyl (C=O) groups is 3. The lowest BCUT2D eigenvalue weighted by Gasteiger charge is -2.72. The van der Waals surface area contributed by atoms with E-state index in [4.69, 9.17) is 0 Å². The molecule has 0 heterocycles. The van der Waals surface area contributed by atoms with Crippen molar-refractivity contribution in [1.82, 2.24) is 5.32 Å². The second-order valence-electron chi connectivity index (χ2n) is 17.2. The summed E-state index contributed by atoms with van der Waals surface area (Å²) in [5.74, 6) is 1.48. The van der Waals surface area contributed by atoms with Gasteiger partial charge in [-0.3, -0.25) is 9.59 Å². The number of aromatic carboxylic acids is 1. The third-order valence-corrected chi connectivity index (χ3v) is 15.0. The Morgan fingerprint density at radius 3 is 2.18 bits per heavy atom. The van der Waals surface area contributed by atoms with Crippen molar-refractivity contribution in [3.05, 3.63) is 53.6 Å². The summed E-state index contributed by atoms with van der Waals surface area (Å²) in [6.45, 7) is 21.0. The number of carboxylic acid groups (broad SMARTS) is 1. The maximum atomic E-state index is 14.0. The predicted molar refractivity (Wildman–Crippen MR) is 179 cm³/mol. The van der Waals surface area contributed by atoms with Crippen molar-refractivity contribution in [2.45, 2.75) is 106 Å². The molecular formula is C40H55NO4. The zero-order chi connectivity index (χ0) is 32.7. The fraction of sp³-hybridized carbons (Fsp3) is 0.675. The van der Waals surface area contributed by atoms with E-state index in [1.165, 1.54) is 30.4 Å². The van der Waals surface area contributed by atoms with Gasteiger partial charge < -0.3 is 10.4 Å². The topological polar surface area (TPSA) is 83.5 Å². The van der Waals surface area contributed by atoms with Crippen LogP contribution in [0, 0.1) is 56.7 Å². The summed E-state index contributed by atoms with van der Waals surface area (Å²) in [6, 6.07) is 7.49. The SMILES string of the molecule is C=C(C)[C@@H]1CC[C@]2(C(=O)NCC(C)=O)CC[C@]3(C)[C@H](CC[C@@H]4[C@@]5(C)CC=C(c6ccc(C(=O)O)cc6)C(C)(C)[C@@H]5CC[C@]43C)[C@@H]12. The van der Waals surface area contributed by atoms with Crippen LogP contribution in [-0.2, 0) is 9.59 Å². The Morgan fingerprint density at radius 1 is 0.867 bits per heavy atom. The van der Waals surface area contributed by atoms with Gasteiger partial charge in [-0.25, -0.2) is 4.79 Å². The zero-order valence-corrected chi connectivity index (χ0v) is 28.7. The first-order valence-corrected chi connectivity index (χ1v) is 17.5. The Morgan fingerprint density at radius 2 is 1.56 bits per heavy atom. The Balaban J connectivity index is 1.35. The lowest BCUT2D eigenvalue weighted by molar-refractivity contribution is -0.225. The van der Waals surface area contributed by atoms with E-state index in [1.807, 2.05) is 12.1 Å². The van der Waals surface area contributed by atoms with Crippen molar-refractivity contribution in [1.29, 1.82) is 0 Å². The number of allylic oxidation sites excluding steroid dienone is 3. The number of rotatable bonds is 6. The third-order valence-electron chi connectivity index (χ3n) is 15.0. The highest BCUT2D eigenvalue weighted by atomic mass is 16.4. The summed E-state index contributed by atoms with van der Waals surface area (Å²) in [5, 5.41) is 12.5. The van der Waals surface area contributed by atoms with E-state index in [2.05, 4.69) is 59.5 Å². The largest absolute Gasteiger partial charge is 0.478 e. The molecule has 5 aliphatic rings. The fourth-order valence-corrected chi connectivity index (χ4v) is 12.8. The molecule has 4 fully saturated rings. The smallest absolute Gasteiger partial charge is 0.335 e. The summed E-state index contributed by atoms with van der Waals surface area (Å²) in [7, 11) is 0. The van der Waals surface area contributed by atoms with Gasteiger partial charge in [0.1, 0.15) is 5.78 Å². The zero-order valence-electron chi connectivity index (χ0n) is 28.7. The molecule has 1 aromatic rings. The summed E-state index contributed by atoms with van der Waals surface area (Å²) in [4.78, 5) is 37.3. The number of hydrogen-bond donors (Lipinski definition) is 2. The van der Waals surface area contributed by atoms with Gasteiger partial charge >= 0.3 is 5.97 Å². The van der Waals surface area contributed by atoms with Gasteiger partial charge in [0, 0.05) is 0 Å². The van der Waals surface area contributed by atoms with Crippen LogP contribution in [0.1, 0.15) is 122 Å². The van der Waals surface area contributed by atoms with Gasteiger partial charge in [-0.2, -0.15) is 0 Å². The Hall–Kier alpha value is -2.69. The average Bonchev–Trinajstić information content (AvgIpc) is 3.37. The molecule has 0 spiro atoms. The van der Waals surface area contributed by atoms with Gasteiger partial charge in [-0.15, -0.1) is 0 Å². The molecule has 5 nitrogen and oxygen atoms in total. The quantitative estimate of drug-likeness (QED) is 0.314. The number of nitrogens with one attached hydrogen (secondary N) is 1. The van der Waals surface area contributed by atoms with Crippen LogP contribution in [0.4, 0.5) is 0 Å². The number of benzene rings is 1. The van der Waals surface area contributed by atoms with E-state index >= 15 is 0 Å². The summed E-state index contributed by atoms with van der Waals surface area (Å²) >= 11 is 0. The number of ketones is 1. The maximum Gasteiger partial charge on any atom is 0.335 e. The van der Waals surface area contributed by atoms with E-state index in [9.17, 15) is 19.5 Å². The van der Waals surface area contributed by atoms with Crippen molar-refractivity contribution in [2.75, 3.05) is 6.54 Å². The number of hydrogen-bond acceptors (Lipinski definition) is 3. The highest BCUT2D eigenvalue weighted by molar-refractivity contribution is 5.89. The molecule has 45 heavy (non-hydrogen) atoms. The Kier molecular flexibility index (Phi) is 7.65. The molecule has 1 amide bonds. The lowest BCUT2D eigenvalue weighted by atomic mass is 9.32. The molecule has 244 valence electrons. The monoisotopic (exact) mass is 613 g/mol. The number of fused-ring (bicyclic) bond motifs is 7.